The molecule has 0 amide bonds. The molecule has 1 fully saturated rings. The Labute approximate surface area is 251 Å². The van der Waals surface area contributed by atoms with Crippen LogP contribution >= 0.6 is 38.2 Å². The van der Waals surface area contributed by atoms with Gasteiger partial charge in [-0.25, -0.2) is 16.7 Å². The van der Waals surface area contributed by atoms with Crippen molar-refractivity contribution in [2.24, 2.45) is 4.99 Å². The Morgan fingerprint density at radius 3 is 1.74 bits per heavy atom. The molecule has 39 heavy (non-hydrogen) atoms. The SMILES string of the molecule is Cc1ccccc1N=C(N[PH+](c1ccccc1)c1ccccc1)c1ccccc1C.[CH-]1CCCO1.[Cl][Cr+]([Cl])[Cl]. The second-order valence-corrected chi connectivity index (χ2v) is 17.1. The van der Waals surface area contributed by atoms with E-state index in [1.165, 1.54) is 28.2 Å². The number of nitrogens with zero attached hydrogens (tertiary/aromatic N) is 1. The molecule has 0 bridgehead atoms. The van der Waals surface area contributed by atoms with Gasteiger partial charge < -0.3 is 4.74 Å². The summed E-state index contributed by atoms with van der Waals surface area (Å²) in [5, 5.41) is 6.48. The van der Waals surface area contributed by atoms with E-state index in [0.717, 1.165) is 30.1 Å². The summed E-state index contributed by atoms with van der Waals surface area (Å²) in [6.07, 6.45) is 2.38. The molecule has 0 spiro atoms. The molecular weight excluding hydrogens is 606 g/mol. The number of benzene rings is 4. The number of nitrogens with one attached hydrogen (secondary N) is 1. The summed E-state index contributed by atoms with van der Waals surface area (Å²) >= 11 is -1.62. The molecule has 0 aliphatic carbocycles. The molecule has 0 radical (unpaired) electrons. The number of rotatable bonds is 5. The molecule has 0 aromatic heterocycles. The van der Waals surface area contributed by atoms with Crippen LogP contribution in [0.5, 0.6) is 0 Å². The van der Waals surface area contributed by atoms with Crippen molar-refractivity contribution >= 4 is 60.4 Å². The molecule has 204 valence electrons. The van der Waals surface area contributed by atoms with Crippen LogP contribution in [-0.4, -0.2) is 12.4 Å². The fraction of sp³-hybridized carbons (Fsp3) is 0.161. The number of ether oxygens (including phenoxy) is 1. The molecule has 4 aromatic rings. The van der Waals surface area contributed by atoms with E-state index in [1.54, 1.807) is 0 Å². The zero-order chi connectivity index (χ0) is 27.9. The third kappa shape index (κ3) is 11.3. The van der Waals surface area contributed by atoms with E-state index in [1.807, 2.05) is 12.7 Å². The minimum absolute atomic E-state index is 0.920. The molecule has 4 aromatic carbocycles. The fourth-order valence-electron chi connectivity index (χ4n) is 3.86. The summed E-state index contributed by atoms with van der Waals surface area (Å²) in [4.78, 5) is 5.11. The molecule has 1 saturated heterocycles. The first-order chi connectivity index (χ1) is 19.0. The number of halogens is 3. The Bertz CT molecular complexity index is 1240. The van der Waals surface area contributed by atoms with E-state index in [4.69, 9.17) is 39.9 Å². The fourth-order valence-corrected chi connectivity index (χ4v) is 5.96. The number of hydrogen-bond donors (Lipinski definition) is 1. The number of hydrogen-bond acceptors (Lipinski definition) is 2. The van der Waals surface area contributed by atoms with Crippen LogP contribution in [0.15, 0.2) is 114 Å². The molecule has 1 heterocycles. The summed E-state index contributed by atoms with van der Waals surface area (Å²) in [5.41, 5.74) is 4.50. The number of amidine groups is 1. The monoisotopic (exact) mass is 637 g/mol. The first kappa shape index (κ1) is 31.7. The molecule has 0 unspecified atom stereocenters. The second kappa shape index (κ2) is 17.8. The Morgan fingerprint density at radius 1 is 0.769 bits per heavy atom. The minimum atomic E-state index is -1.62. The summed E-state index contributed by atoms with van der Waals surface area (Å²) in [6.45, 7) is 7.05. The predicted molar refractivity (Wildman–Crippen MR) is 169 cm³/mol. The summed E-state index contributed by atoms with van der Waals surface area (Å²) in [7, 11) is 13.5. The van der Waals surface area contributed by atoms with Crippen molar-refractivity contribution in [3.8, 4) is 0 Å². The van der Waals surface area contributed by atoms with Gasteiger partial charge in [0.15, 0.2) is 13.9 Å². The normalized spacial score (nSPS) is 12.8. The van der Waals surface area contributed by atoms with Gasteiger partial charge in [-0.1, -0.05) is 85.3 Å². The van der Waals surface area contributed by atoms with E-state index >= 15 is 0 Å². The van der Waals surface area contributed by atoms with Crippen LogP contribution in [0.4, 0.5) is 5.69 Å². The van der Waals surface area contributed by atoms with Gasteiger partial charge in [-0.2, -0.15) is 6.42 Å². The average molecular weight is 639 g/mol. The van der Waals surface area contributed by atoms with Crippen molar-refractivity contribution in [2.45, 2.75) is 26.7 Å². The standard InChI is InChI=1S/C27H25N2P.C4H7O.3ClH.Cr/c1-21-13-9-11-19-25(21)27(28-26-20-12-10-14-22(26)2)29-30(23-15-5-3-6-16-23)24-17-7-4-8-18-24;1-2-4-5-3-1;;;;/h3-20H,1-2H3,(H,28,29);3H,1-2,4H2;3*1H;/q;-1;;;;+4/p-2. The van der Waals surface area contributed by atoms with Crippen LogP contribution < -0.4 is 15.7 Å². The Hall–Kier alpha value is -1.86. The summed E-state index contributed by atoms with van der Waals surface area (Å²) < 4.78 is 4.82. The van der Waals surface area contributed by atoms with Gasteiger partial charge in [0, 0.05) is 12.2 Å². The predicted octanol–water partition coefficient (Wildman–Crippen LogP) is 8.78. The quantitative estimate of drug-likeness (QED) is 0.103. The van der Waals surface area contributed by atoms with Crippen molar-refractivity contribution < 1.29 is 16.1 Å². The van der Waals surface area contributed by atoms with Gasteiger partial charge in [0.2, 0.25) is 0 Å². The summed E-state index contributed by atoms with van der Waals surface area (Å²) in [6, 6.07) is 38.1. The van der Waals surface area contributed by atoms with Crippen LogP contribution in [0.1, 0.15) is 29.5 Å². The molecular formula is C31H33Cl3CrN2OP+. The summed E-state index contributed by atoms with van der Waals surface area (Å²) in [5.74, 6) is 0.920. The van der Waals surface area contributed by atoms with Crippen LogP contribution in [-0.2, 0) is 16.1 Å². The Kier molecular flexibility index (Phi) is 14.4. The zero-order valence-electron chi connectivity index (χ0n) is 22.0. The Balaban J connectivity index is 0.000000400. The second-order valence-electron chi connectivity index (χ2n) is 8.65. The molecule has 8 heteroatoms. The van der Waals surface area contributed by atoms with E-state index in [2.05, 4.69) is 122 Å². The van der Waals surface area contributed by atoms with Gasteiger partial charge in [0.05, 0.1) is 5.69 Å². The molecule has 3 nitrogen and oxygen atoms in total. The van der Waals surface area contributed by atoms with Crippen LogP contribution in [0.2, 0.25) is 0 Å². The van der Waals surface area contributed by atoms with Crippen LogP contribution in [0.25, 0.3) is 0 Å². The molecule has 1 aliphatic rings. The first-order valence-electron chi connectivity index (χ1n) is 12.6. The van der Waals surface area contributed by atoms with Gasteiger partial charge in [-0.15, -0.1) is 0 Å². The average Bonchev–Trinajstić information content (AvgIpc) is 3.54. The molecule has 1 aliphatic heterocycles. The van der Waals surface area contributed by atoms with Crippen LogP contribution in [0, 0.1) is 20.5 Å². The first-order valence-corrected chi connectivity index (χ1v) is 19.3. The molecule has 0 saturated carbocycles. The van der Waals surface area contributed by atoms with E-state index in [9.17, 15) is 0 Å². The van der Waals surface area contributed by atoms with Crippen molar-refractivity contribution in [2.75, 3.05) is 6.61 Å². The third-order valence-corrected chi connectivity index (χ3v) is 8.13. The van der Waals surface area contributed by atoms with E-state index < -0.39 is 19.5 Å². The third-order valence-electron chi connectivity index (χ3n) is 5.82. The maximum atomic E-state index is 5.11. The van der Waals surface area contributed by atoms with Gasteiger partial charge in [0.1, 0.15) is 10.6 Å². The van der Waals surface area contributed by atoms with Gasteiger partial charge in [-0.3, -0.25) is 0 Å². The van der Waals surface area contributed by atoms with Gasteiger partial charge in [-0.05, 0) is 55.3 Å². The van der Waals surface area contributed by atoms with Crippen molar-refractivity contribution in [3.63, 3.8) is 0 Å². The molecule has 0 atom stereocenters. The maximum absolute atomic E-state index is 5.11. The number of aliphatic imine (C=N–C) groups is 1. The zero-order valence-corrected chi connectivity index (χ0v) is 26.5. The Morgan fingerprint density at radius 2 is 1.28 bits per heavy atom. The topological polar surface area (TPSA) is 33.6 Å². The van der Waals surface area contributed by atoms with Gasteiger partial charge in [0.25, 0.3) is 0 Å². The van der Waals surface area contributed by atoms with Crippen LogP contribution in [0.3, 0.4) is 0 Å². The van der Waals surface area contributed by atoms with E-state index in [-0.39, 0.29) is 0 Å². The van der Waals surface area contributed by atoms with Crippen molar-refractivity contribution in [1.82, 2.24) is 5.09 Å². The molecule has 1 N–H and O–H groups in total. The van der Waals surface area contributed by atoms with Crippen molar-refractivity contribution in [1.29, 1.82) is 0 Å². The van der Waals surface area contributed by atoms with Crippen molar-refractivity contribution in [3.05, 3.63) is 132 Å². The molecule has 5 rings (SSSR count). The van der Waals surface area contributed by atoms with Gasteiger partial charge >= 0.3 is 41.5 Å². The van der Waals surface area contributed by atoms with E-state index in [0.29, 0.717) is 0 Å². The number of para-hydroxylation sites is 1. The number of aryl methyl sites for hydroxylation is 2.